The zero-order chi connectivity index (χ0) is 15.0. The summed E-state index contributed by atoms with van der Waals surface area (Å²) in [5, 5.41) is -0.147. The van der Waals surface area contributed by atoms with Gasteiger partial charge in [-0.15, -0.1) is 11.8 Å². The number of thioether (sulfide) groups is 1. The highest BCUT2D eigenvalue weighted by molar-refractivity contribution is 7.99. The van der Waals surface area contributed by atoms with Crippen molar-refractivity contribution in [3.63, 3.8) is 0 Å². The number of benzene rings is 2. The van der Waals surface area contributed by atoms with Crippen LogP contribution in [0.25, 0.3) is 0 Å². The Morgan fingerprint density at radius 2 is 2.14 bits per heavy atom. The average Bonchev–Trinajstić information content (AvgIpc) is 2.48. The molecular formula is C15H12ClFN2OS. The van der Waals surface area contributed by atoms with Gasteiger partial charge in [-0.3, -0.25) is 4.79 Å². The summed E-state index contributed by atoms with van der Waals surface area (Å²) in [6.07, 6.45) is 0. The number of carbonyl (C=O) groups excluding carboxylic acids is 1. The minimum atomic E-state index is -0.596. The molecule has 0 aliphatic carbocycles. The van der Waals surface area contributed by atoms with Gasteiger partial charge in [0.15, 0.2) is 0 Å². The molecule has 0 fully saturated rings. The van der Waals surface area contributed by atoms with E-state index in [1.807, 2.05) is 6.07 Å². The van der Waals surface area contributed by atoms with Crippen LogP contribution in [-0.4, -0.2) is 18.2 Å². The van der Waals surface area contributed by atoms with Crippen molar-refractivity contribution in [1.29, 1.82) is 0 Å². The van der Waals surface area contributed by atoms with Gasteiger partial charge < -0.3 is 10.6 Å². The van der Waals surface area contributed by atoms with E-state index in [2.05, 4.69) is 0 Å². The monoisotopic (exact) mass is 322 g/mol. The molecule has 0 spiro atoms. The van der Waals surface area contributed by atoms with Crippen LogP contribution in [0, 0.1) is 5.82 Å². The van der Waals surface area contributed by atoms with E-state index in [0.29, 0.717) is 12.2 Å². The number of hydrogen-bond acceptors (Lipinski definition) is 3. The number of anilines is 2. The molecule has 0 radical (unpaired) electrons. The van der Waals surface area contributed by atoms with Gasteiger partial charge in [-0.25, -0.2) is 4.39 Å². The van der Waals surface area contributed by atoms with Crippen LogP contribution in [-0.2, 0) is 0 Å². The summed E-state index contributed by atoms with van der Waals surface area (Å²) in [4.78, 5) is 15.3. The average molecular weight is 323 g/mol. The topological polar surface area (TPSA) is 46.3 Å². The Hall–Kier alpha value is -1.72. The second kappa shape index (κ2) is 5.58. The number of rotatable bonds is 1. The molecule has 21 heavy (non-hydrogen) atoms. The lowest BCUT2D eigenvalue weighted by Gasteiger charge is -2.29. The van der Waals surface area contributed by atoms with E-state index < -0.39 is 5.82 Å². The van der Waals surface area contributed by atoms with Gasteiger partial charge in [-0.2, -0.15) is 0 Å². The highest BCUT2D eigenvalue weighted by Crippen LogP contribution is 2.37. The number of nitrogens with zero attached hydrogens (tertiary/aromatic N) is 1. The Morgan fingerprint density at radius 3 is 2.95 bits per heavy atom. The fourth-order valence-electron chi connectivity index (χ4n) is 2.26. The van der Waals surface area contributed by atoms with Gasteiger partial charge in [0.05, 0.1) is 16.3 Å². The predicted octanol–water partition coefficient (Wildman–Crippen LogP) is 3.81. The standard InChI is InChI=1S/C15H12ClFN2OS/c16-14-10(2-1-3-11(14)17)15(20)19-6-7-21-13-5-4-9(18)8-12(13)19/h1-5,8H,6-7,18H2. The van der Waals surface area contributed by atoms with Crippen molar-refractivity contribution in [3.05, 3.63) is 52.8 Å². The maximum atomic E-state index is 13.5. The lowest BCUT2D eigenvalue weighted by molar-refractivity contribution is 0.0987. The third-order valence-corrected chi connectivity index (χ3v) is 4.70. The van der Waals surface area contributed by atoms with Gasteiger partial charge in [0.2, 0.25) is 0 Å². The van der Waals surface area contributed by atoms with Crippen molar-refractivity contribution in [3.8, 4) is 0 Å². The van der Waals surface area contributed by atoms with Gasteiger partial charge in [0.25, 0.3) is 5.91 Å². The smallest absolute Gasteiger partial charge is 0.259 e. The molecule has 1 amide bonds. The number of carbonyl (C=O) groups is 1. The third-order valence-electron chi connectivity index (χ3n) is 3.27. The van der Waals surface area contributed by atoms with Crippen LogP contribution in [0.4, 0.5) is 15.8 Å². The molecule has 2 aromatic carbocycles. The van der Waals surface area contributed by atoms with Crippen LogP contribution < -0.4 is 10.6 Å². The first-order chi connectivity index (χ1) is 10.1. The van der Waals surface area contributed by atoms with E-state index in [0.717, 1.165) is 16.3 Å². The number of nitrogen functional groups attached to an aromatic ring is 1. The molecule has 0 bridgehead atoms. The molecule has 108 valence electrons. The summed E-state index contributed by atoms with van der Waals surface area (Å²) in [5.41, 5.74) is 7.30. The molecular weight excluding hydrogens is 311 g/mol. The van der Waals surface area contributed by atoms with Gasteiger partial charge in [0.1, 0.15) is 5.82 Å². The summed E-state index contributed by atoms with van der Waals surface area (Å²) < 4.78 is 13.5. The predicted molar refractivity (Wildman–Crippen MR) is 84.7 cm³/mol. The van der Waals surface area contributed by atoms with Crippen LogP contribution in [0.3, 0.4) is 0 Å². The maximum Gasteiger partial charge on any atom is 0.259 e. The molecule has 3 rings (SSSR count). The molecule has 0 saturated carbocycles. The van der Waals surface area contributed by atoms with Crippen molar-refractivity contribution in [2.45, 2.75) is 4.90 Å². The summed E-state index contributed by atoms with van der Waals surface area (Å²) in [5.74, 6) is -0.136. The molecule has 0 unspecified atom stereocenters. The summed E-state index contributed by atoms with van der Waals surface area (Å²) in [6.45, 7) is 0.535. The van der Waals surface area contributed by atoms with Gasteiger partial charge >= 0.3 is 0 Å². The Bertz CT molecular complexity index is 723. The molecule has 1 heterocycles. The van der Waals surface area contributed by atoms with E-state index >= 15 is 0 Å². The summed E-state index contributed by atoms with van der Waals surface area (Å²) in [6, 6.07) is 9.69. The van der Waals surface area contributed by atoms with Crippen molar-refractivity contribution in [1.82, 2.24) is 0 Å². The molecule has 3 nitrogen and oxygen atoms in total. The zero-order valence-electron chi connectivity index (χ0n) is 11.0. The first kappa shape index (κ1) is 14.2. The fourth-order valence-corrected chi connectivity index (χ4v) is 3.44. The van der Waals surface area contributed by atoms with E-state index in [4.69, 9.17) is 17.3 Å². The van der Waals surface area contributed by atoms with E-state index in [9.17, 15) is 9.18 Å². The number of hydrogen-bond donors (Lipinski definition) is 1. The van der Waals surface area contributed by atoms with Gasteiger partial charge in [0, 0.05) is 22.9 Å². The second-order valence-electron chi connectivity index (χ2n) is 4.63. The highest BCUT2D eigenvalue weighted by Gasteiger charge is 2.26. The van der Waals surface area contributed by atoms with Crippen molar-refractivity contribution in [2.75, 3.05) is 22.9 Å². The van der Waals surface area contributed by atoms with Gasteiger partial charge in [-0.05, 0) is 30.3 Å². The lowest BCUT2D eigenvalue weighted by Crippen LogP contribution is -2.35. The SMILES string of the molecule is Nc1ccc2c(c1)N(C(=O)c1cccc(F)c1Cl)CCS2. The Balaban J connectivity index is 2.04. The first-order valence-corrected chi connectivity index (χ1v) is 7.72. The van der Waals surface area contributed by atoms with Crippen LogP contribution in [0.15, 0.2) is 41.3 Å². The first-order valence-electron chi connectivity index (χ1n) is 6.36. The van der Waals surface area contributed by atoms with Crippen LogP contribution in [0.5, 0.6) is 0 Å². The molecule has 0 saturated heterocycles. The van der Waals surface area contributed by atoms with E-state index in [1.54, 1.807) is 28.8 Å². The van der Waals surface area contributed by atoms with Crippen LogP contribution >= 0.6 is 23.4 Å². The highest BCUT2D eigenvalue weighted by atomic mass is 35.5. The third kappa shape index (κ3) is 2.59. The molecule has 2 N–H and O–H groups in total. The number of amides is 1. The molecule has 1 aliphatic rings. The van der Waals surface area contributed by atoms with Crippen LogP contribution in [0.1, 0.15) is 10.4 Å². The summed E-state index contributed by atoms with van der Waals surface area (Å²) >= 11 is 7.58. The number of nitrogens with two attached hydrogens (primary N) is 1. The number of halogens is 2. The zero-order valence-corrected chi connectivity index (χ0v) is 12.5. The summed E-state index contributed by atoms with van der Waals surface area (Å²) in [7, 11) is 0. The normalized spacial score (nSPS) is 13.9. The lowest BCUT2D eigenvalue weighted by atomic mass is 10.1. The Morgan fingerprint density at radius 1 is 1.33 bits per heavy atom. The van der Waals surface area contributed by atoms with Crippen molar-refractivity contribution in [2.24, 2.45) is 0 Å². The van der Waals surface area contributed by atoms with E-state index in [1.165, 1.54) is 18.2 Å². The molecule has 1 aliphatic heterocycles. The van der Waals surface area contributed by atoms with E-state index in [-0.39, 0.29) is 16.5 Å². The molecule has 2 aromatic rings. The maximum absolute atomic E-state index is 13.5. The minimum absolute atomic E-state index is 0.147. The van der Waals surface area contributed by atoms with Crippen molar-refractivity contribution >= 4 is 40.6 Å². The molecule has 6 heteroatoms. The Kier molecular flexibility index (Phi) is 3.78. The van der Waals surface area contributed by atoms with Crippen LogP contribution in [0.2, 0.25) is 5.02 Å². The second-order valence-corrected chi connectivity index (χ2v) is 6.15. The number of fused-ring (bicyclic) bond motifs is 1. The fraction of sp³-hybridized carbons (Fsp3) is 0.133. The minimum Gasteiger partial charge on any atom is -0.399 e. The Labute approximate surface area is 130 Å². The quantitative estimate of drug-likeness (QED) is 0.812. The van der Waals surface area contributed by atoms with Gasteiger partial charge in [-0.1, -0.05) is 17.7 Å². The largest absolute Gasteiger partial charge is 0.399 e. The molecule has 0 aromatic heterocycles. The molecule has 0 atom stereocenters. The van der Waals surface area contributed by atoms with Crippen molar-refractivity contribution < 1.29 is 9.18 Å².